The Morgan fingerprint density at radius 3 is 2.81 bits per heavy atom. The smallest absolute Gasteiger partial charge is 0.137 e. The molecule has 0 aliphatic carbocycles. The Bertz CT molecular complexity index is 368. The number of halogens is 2. The number of benzene rings is 1. The third-order valence-corrected chi connectivity index (χ3v) is 2.67. The number of unbranched alkanes of at least 4 members (excludes halogenated alkanes) is 1. The van der Waals surface area contributed by atoms with Gasteiger partial charge in [0.2, 0.25) is 0 Å². The van der Waals surface area contributed by atoms with Gasteiger partial charge in [-0.2, -0.15) is 0 Å². The van der Waals surface area contributed by atoms with E-state index in [9.17, 15) is 9.18 Å². The fourth-order valence-electron chi connectivity index (χ4n) is 1.45. The van der Waals surface area contributed by atoms with Crippen LogP contribution in [0.5, 0.6) is 0 Å². The Hall–Kier alpha value is -0.930. The van der Waals surface area contributed by atoms with Gasteiger partial charge in [-0.3, -0.25) is 4.79 Å². The summed E-state index contributed by atoms with van der Waals surface area (Å²) < 4.78 is 12.9. The molecule has 4 heteroatoms. The van der Waals surface area contributed by atoms with Crippen LogP contribution in [0.15, 0.2) is 18.2 Å². The monoisotopic (exact) mass is 243 g/mol. The van der Waals surface area contributed by atoms with Gasteiger partial charge in [-0.1, -0.05) is 11.6 Å². The van der Waals surface area contributed by atoms with Crippen molar-refractivity contribution < 1.29 is 9.18 Å². The van der Waals surface area contributed by atoms with Gasteiger partial charge in [-0.05, 0) is 43.1 Å². The number of carbonyl (C=O) groups is 1. The molecule has 0 spiro atoms. The molecule has 0 heterocycles. The topological polar surface area (TPSA) is 43.1 Å². The van der Waals surface area contributed by atoms with Crippen molar-refractivity contribution in [3.05, 3.63) is 34.6 Å². The van der Waals surface area contributed by atoms with Crippen LogP contribution in [0.3, 0.4) is 0 Å². The first-order valence-electron chi connectivity index (χ1n) is 5.29. The molecule has 1 rings (SSSR count). The van der Waals surface area contributed by atoms with Gasteiger partial charge in [0.05, 0.1) is 0 Å². The molecule has 0 atom stereocenters. The fraction of sp³-hybridized carbons (Fsp3) is 0.417. The Labute approximate surface area is 99.6 Å². The number of carbonyl (C=O) groups excluding carboxylic acids is 1. The molecule has 2 N–H and O–H groups in total. The SMILES string of the molecule is NCCCCC(=O)Cc1cc(F)ccc1Cl. The maximum Gasteiger partial charge on any atom is 0.137 e. The van der Waals surface area contributed by atoms with E-state index in [2.05, 4.69) is 0 Å². The average molecular weight is 244 g/mol. The molecule has 2 nitrogen and oxygen atoms in total. The van der Waals surface area contributed by atoms with Crippen LogP contribution < -0.4 is 5.73 Å². The predicted octanol–water partition coefficient (Wildman–Crippen LogP) is 2.72. The van der Waals surface area contributed by atoms with E-state index >= 15 is 0 Å². The van der Waals surface area contributed by atoms with Gasteiger partial charge in [0.15, 0.2) is 0 Å². The largest absolute Gasteiger partial charge is 0.330 e. The molecule has 0 bridgehead atoms. The molecule has 0 aliphatic rings. The molecule has 0 radical (unpaired) electrons. The van der Waals surface area contributed by atoms with E-state index < -0.39 is 0 Å². The first kappa shape index (κ1) is 13.1. The lowest BCUT2D eigenvalue weighted by molar-refractivity contribution is -0.118. The lowest BCUT2D eigenvalue weighted by atomic mass is 10.0. The van der Waals surface area contributed by atoms with Crippen LogP contribution in [-0.2, 0) is 11.2 Å². The van der Waals surface area contributed by atoms with Crippen molar-refractivity contribution >= 4 is 17.4 Å². The van der Waals surface area contributed by atoms with Crippen LogP contribution in [0.4, 0.5) is 4.39 Å². The quantitative estimate of drug-likeness (QED) is 0.781. The van der Waals surface area contributed by atoms with Crippen LogP contribution in [0.2, 0.25) is 5.02 Å². The second-order valence-electron chi connectivity index (χ2n) is 3.70. The lowest BCUT2D eigenvalue weighted by Crippen LogP contribution is -2.05. The van der Waals surface area contributed by atoms with E-state index in [4.69, 9.17) is 17.3 Å². The highest BCUT2D eigenvalue weighted by Crippen LogP contribution is 2.18. The predicted molar refractivity (Wildman–Crippen MR) is 63.0 cm³/mol. The molecule has 0 unspecified atom stereocenters. The summed E-state index contributed by atoms with van der Waals surface area (Å²) in [6.45, 7) is 0.591. The van der Waals surface area contributed by atoms with E-state index in [1.807, 2.05) is 0 Å². The van der Waals surface area contributed by atoms with E-state index in [0.717, 1.165) is 12.8 Å². The number of hydrogen-bond acceptors (Lipinski definition) is 2. The Balaban J connectivity index is 2.52. The molecule has 0 saturated carbocycles. The van der Waals surface area contributed by atoms with Crippen molar-refractivity contribution in [2.45, 2.75) is 25.7 Å². The molecular formula is C12H15ClFNO. The van der Waals surface area contributed by atoms with Gasteiger partial charge in [-0.15, -0.1) is 0 Å². The summed E-state index contributed by atoms with van der Waals surface area (Å²) in [7, 11) is 0. The second-order valence-corrected chi connectivity index (χ2v) is 4.10. The highest BCUT2D eigenvalue weighted by atomic mass is 35.5. The van der Waals surface area contributed by atoms with Gasteiger partial charge in [0.1, 0.15) is 11.6 Å². The molecule has 0 fully saturated rings. The minimum Gasteiger partial charge on any atom is -0.330 e. The summed E-state index contributed by atoms with van der Waals surface area (Å²) in [5.74, 6) is -0.296. The molecule has 0 amide bonds. The van der Waals surface area contributed by atoms with Crippen LogP contribution in [-0.4, -0.2) is 12.3 Å². The number of rotatable bonds is 6. The molecule has 88 valence electrons. The van der Waals surface area contributed by atoms with Crippen LogP contribution in [0.25, 0.3) is 0 Å². The van der Waals surface area contributed by atoms with E-state index in [0.29, 0.717) is 23.6 Å². The van der Waals surface area contributed by atoms with Gasteiger partial charge in [0.25, 0.3) is 0 Å². The first-order chi connectivity index (χ1) is 7.63. The molecule has 16 heavy (non-hydrogen) atoms. The summed E-state index contributed by atoms with van der Waals surface area (Å²) in [5, 5.41) is 0.438. The highest BCUT2D eigenvalue weighted by molar-refractivity contribution is 6.31. The summed E-state index contributed by atoms with van der Waals surface area (Å²) in [5.41, 5.74) is 5.88. The van der Waals surface area contributed by atoms with Gasteiger partial charge in [0, 0.05) is 17.9 Å². The van der Waals surface area contributed by atoms with Crippen LogP contribution >= 0.6 is 11.6 Å². The Morgan fingerprint density at radius 1 is 1.38 bits per heavy atom. The van der Waals surface area contributed by atoms with Crippen molar-refractivity contribution in [3.8, 4) is 0 Å². The lowest BCUT2D eigenvalue weighted by Gasteiger charge is -2.03. The van der Waals surface area contributed by atoms with Crippen LogP contribution in [0, 0.1) is 5.82 Å². The first-order valence-corrected chi connectivity index (χ1v) is 5.67. The third-order valence-electron chi connectivity index (χ3n) is 2.31. The summed E-state index contributed by atoms with van der Waals surface area (Å²) in [6, 6.07) is 4.06. The Morgan fingerprint density at radius 2 is 2.12 bits per heavy atom. The third kappa shape index (κ3) is 4.29. The van der Waals surface area contributed by atoms with E-state index in [1.165, 1.54) is 18.2 Å². The minimum absolute atomic E-state index is 0.0703. The van der Waals surface area contributed by atoms with Gasteiger partial charge >= 0.3 is 0 Å². The van der Waals surface area contributed by atoms with Crippen molar-refractivity contribution in [1.82, 2.24) is 0 Å². The number of nitrogens with two attached hydrogens (primary N) is 1. The molecular weight excluding hydrogens is 229 g/mol. The van der Waals surface area contributed by atoms with Crippen molar-refractivity contribution in [1.29, 1.82) is 0 Å². The van der Waals surface area contributed by atoms with Crippen LogP contribution in [0.1, 0.15) is 24.8 Å². The second kappa shape index (κ2) is 6.61. The maximum absolute atomic E-state index is 12.9. The maximum atomic E-state index is 12.9. The zero-order valence-corrected chi connectivity index (χ0v) is 9.77. The average Bonchev–Trinajstić information content (AvgIpc) is 2.24. The molecule has 1 aromatic carbocycles. The van der Waals surface area contributed by atoms with Crippen molar-refractivity contribution in [2.24, 2.45) is 5.73 Å². The zero-order chi connectivity index (χ0) is 12.0. The summed E-state index contributed by atoms with van der Waals surface area (Å²) in [4.78, 5) is 11.5. The fourth-order valence-corrected chi connectivity index (χ4v) is 1.63. The van der Waals surface area contributed by atoms with Crippen molar-refractivity contribution in [3.63, 3.8) is 0 Å². The van der Waals surface area contributed by atoms with Gasteiger partial charge in [-0.25, -0.2) is 4.39 Å². The highest BCUT2D eigenvalue weighted by Gasteiger charge is 2.08. The molecule has 0 saturated heterocycles. The standard InChI is InChI=1S/C12H15ClFNO/c13-12-5-4-10(14)7-9(12)8-11(16)3-1-2-6-15/h4-5,7H,1-3,6,8,15H2. The van der Waals surface area contributed by atoms with E-state index in [1.54, 1.807) is 0 Å². The number of Topliss-reactive ketones (excluding diaryl/α,β-unsaturated/α-hetero) is 1. The molecule has 1 aromatic rings. The summed E-state index contributed by atoms with van der Waals surface area (Å²) >= 11 is 5.86. The Kier molecular flexibility index (Phi) is 5.43. The van der Waals surface area contributed by atoms with E-state index in [-0.39, 0.29) is 18.0 Å². The minimum atomic E-state index is -0.367. The normalized spacial score (nSPS) is 10.4. The zero-order valence-electron chi connectivity index (χ0n) is 9.01. The number of ketones is 1. The molecule has 0 aromatic heterocycles. The molecule has 0 aliphatic heterocycles. The van der Waals surface area contributed by atoms with Crippen molar-refractivity contribution in [2.75, 3.05) is 6.54 Å². The number of hydrogen-bond donors (Lipinski definition) is 1. The van der Waals surface area contributed by atoms with Gasteiger partial charge < -0.3 is 5.73 Å². The summed E-state index contributed by atoms with van der Waals surface area (Å²) in [6.07, 6.45) is 2.29.